The molecule has 3 fully saturated rings. The molecule has 4 aliphatic rings. The van der Waals surface area contributed by atoms with Crippen molar-refractivity contribution in [2.75, 3.05) is 16.9 Å². The van der Waals surface area contributed by atoms with Crippen LogP contribution in [0.3, 0.4) is 0 Å². The maximum atomic E-state index is 14.4. The SMILES string of the molecule is COc1cc([C@H]2C3=CC[C@@H]4C(=O)N(c5cccc(C(=O)O)c5)C(=O)[C@@H]4[C@@H]3C[C@H]3C(=O)N(c4cccc(C(=O)O)c4)C(=O)[C@@H]23)c(Br)c(Br)c1O. The highest BCUT2D eigenvalue weighted by molar-refractivity contribution is 9.13. The quantitative estimate of drug-likeness (QED) is 0.217. The average Bonchev–Trinajstić information content (AvgIpc) is 3.50. The zero-order valence-corrected chi connectivity index (χ0v) is 28.7. The van der Waals surface area contributed by atoms with Crippen LogP contribution in [0.1, 0.15) is 45.0 Å². The van der Waals surface area contributed by atoms with E-state index in [-0.39, 0.29) is 51.3 Å². The number of imide groups is 2. The summed E-state index contributed by atoms with van der Waals surface area (Å²) in [7, 11) is 1.37. The predicted molar refractivity (Wildman–Crippen MR) is 179 cm³/mol. The third-order valence-electron chi connectivity index (χ3n) is 10.1. The molecule has 3 N–H and O–H groups in total. The fourth-order valence-electron chi connectivity index (χ4n) is 8.00. The van der Waals surface area contributed by atoms with Gasteiger partial charge in [0.25, 0.3) is 0 Å². The second-order valence-electron chi connectivity index (χ2n) is 12.4. The number of ether oxygens (including phenoxy) is 1. The Morgan fingerprint density at radius 3 is 1.86 bits per heavy atom. The number of aromatic carboxylic acids is 2. The lowest BCUT2D eigenvalue weighted by Crippen LogP contribution is -2.43. The number of carbonyl (C=O) groups is 6. The molecule has 2 heterocycles. The number of amides is 4. The van der Waals surface area contributed by atoms with Crippen molar-refractivity contribution in [3.05, 3.63) is 91.9 Å². The number of hydrogen-bond acceptors (Lipinski definition) is 8. The van der Waals surface area contributed by atoms with Gasteiger partial charge in [0.2, 0.25) is 23.6 Å². The van der Waals surface area contributed by atoms with Crippen LogP contribution in [0.5, 0.6) is 11.5 Å². The van der Waals surface area contributed by atoms with Gasteiger partial charge in [-0.15, -0.1) is 0 Å². The molecule has 2 aliphatic carbocycles. The summed E-state index contributed by atoms with van der Waals surface area (Å²) in [6.45, 7) is 0. The van der Waals surface area contributed by atoms with Crippen molar-refractivity contribution in [3.63, 3.8) is 0 Å². The summed E-state index contributed by atoms with van der Waals surface area (Å²) in [6, 6.07) is 12.7. The Labute approximate surface area is 295 Å². The number of phenols is 1. The van der Waals surface area contributed by atoms with Crippen molar-refractivity contribution < 1.29 is 48.8 Å². The molecule has 7 rings (SSSR count). The number of rotatable bonds is 6. The fourth-order valence-corrected chi connectivity index (χ4v) is 8.97. The van der Waals surface area contributed by atoms with Gasteiger partial charge >= 0.3 is 11.9 Å². The van der Waals surface area contributed by atoms with Crippen molar-refractivity contribution >= 4 is 78.8 Å². The average molecular weight is 794 g/mol. The van der Waals surface area contributed by atoms with Gasteiger partial charge < -0.3 is 20.1 Å². The van der Waals surface area contributed by atoms with E-state index in [0.29, 0.717) is 15.6 Å². The minimum Gasteiger partial charge on any atom is -0.503 e. The van der Waals surface area contributed by atoms with E-state index in [4.69, 9.17) is 4.74 Å². The summed E-state index contributed by atoms with van der Waals surface area (Å²) in [4.78, 5) is 82.2. The smallest absolute Gasteiger partial charge is 0.335 e. The standard InChI is InChI=1S/C35H26Br2N2O10/c1-49-23-13-21(27(36)28(37)29(23)40)24-18-8-9-19-25(32(43)38(30(19)41)16-6-2-4-14(10-16)34(45)46)20(18)12-22-26(24)33(44)39(31(22)42)17-7-3-5-15(11-17)35(47)48/h2-8,10-11,13,19-20,22,24-26,40H,9,12H2,1H3,(H,45,46)(H,47,48)/t19-,20+,22+,24+,25-,26+/m0/s1. The number of carboxylic acids is 2. The molecule has 6 atom stereocenters. The van der Waals surface area contributed by atoms with Gasteiger partial charge in [0.05, 0.1) is 57.8 Å². The van der Waals surface area contributed by atoms with Crippen LogP contribution in [-0.4, -0.2) is 58.0 Å². The second kappa shape index (κ2) is 11.9. The summed E-state index contributed by atoms with van der Waals surface area (Å²) in [5.74, 6) is -9.79. The molecule has 1 saturated carbocycles. The topological polar surface area (TPSA) is 179 Å². The van der Waals surface area contributed by atoms with Gasteiger partial charge in [0, 0.05) is 10.4 Å². The molecule has 12 nitrogen and oxygen atoms in total. The van der Waals surface area contributed by atoms with E-state index in [2.05, 4.69) is 31.9 Å². The largest absolute Gasteiger partial charge is 0.503 e. The molecular weight excluding hydrogens is 768 g/mol. The number of aromatic hydroxyl groups is 1. The highest BCUT2D eigenvalue weighted by atomic mass is 79.9. The van der Waals surface area contributed by atoms with E-state index in [1.807, 2.05) is 6.08 Å². The lowest BCUT2D eigenvalue weighted by atomic mass is 9.57. The van der Waals surface area contributed by atoms with Gasteiger partial charge in [-0.05, 0) is 98.6 Å². The Bertz CT molecular complexity index is 2060. The number of benzene rings is 3. The number of anilines is 2. The zero-order valence-electron chi connectivity index (χ0n) is 25.5. The molecule has 14 heteroatoms. The van der Waals surface area contributed by atoms with E-state index >= 15 is 0 Å². The van der Waals surface area contributed by atoms with Gasteiger partial charge in [-0.3, -0.25) is 29.0 Å². The van der Waals surface area contributed by atoms with E-state index in [0.717, 1.165) is 9.80 Å². The summed E-state index contributed by atoms with van der Waals surface area (Å²) in [5.41, 5.74) is 1.19. The van der Waals surface area contributed by atoms with Crippen molar-refractivity contribution in [2.24, 2.45) is 29.6 Å². The number of phenolic OH excluding ortho intramolecular Hbond substituents is 1. The molecule has 0 bridgehead atoms. The van der Waals surface area contributed by atoms with Crippen LogP contribution in [0, 0.1) is 29.6 Å². The number of methoxy groups -OCH3 is 1. The summed E-state index contributed by atoms with van der Waals surface area (Å²) < 4.78 is 6.08. The molecule has 2 aliphatic heterocycles. The Morgan fingerprint density at radius 1 is 0.755 bits per heavy atom. The van der Waals surface area contributed by atoms with E-state index in [1.165, 1.54) is 55.6 Å². The Kier molecular flexibility index (Phi) is 7.98. The summed E-state index contributed by atoms with van der Waals surface area (Å²) in [6.07, 6.45) is 2.06. The maximum absolute atomic E-state index is 14.4. The first-order chi connectivity index (χ1) is 23.3. The molecule has 3 aromatic carbocycles. The zero-order chi connectivity index (χ0) is 35.0. The number of fused-ring (bicyclic) bond motifs is 4. The first kappa shape index (κ1) is 32.7. The maximum Gasteiger partial charge on any atom is 0.335 e. The van der Waals surface area contributed by atoms with Crippen LogP contribution < -0.4 is 14.5 Å². The van der Waals surface area contributed by atoms with Crippen LogP contribution in [0.15, 0.2) is 75.2 Å². The Hall–Kier alpha value is -4.82. The fraction of sp³-hybridized carbons (Fsp3) is 0.257. The molecular formula is C35H26Br2N2O10. The van der Waals surface area contributed by atoms with Crippen molar-refractivity contribution in [3.8, 4) is 11.5 Å². The Balaban J connectivity index is 1.37. The molecule has 250 valence electrons. The number of allylic oxidation sites excluding steroid dienone is 2. The molecule has 0 aromatic heterocycles. The van der Waals surface area contributed by atoms with Crippen molar-refractivity contribution in [2.45, 2.75) is 18.8 Å². The molecule has 49 heavy (non-hydrogen) atoms. The minimum absolute atomic E-state index is 0.0594. The summed E-state index contributed by atoms with van der Waals surface area (Å²) in [5, 5.41) is 29.9. The number of carbonyl (C=O) groups excluding carboxylic acids is 4. The van der Waals surface area contributed by atoms with E-state index < -0.39 is 71.1 Å². The minimum atomic E-state index is -1.23. The van der Waals surface area contributed by atoms with Crippen LogP contribution in [0.2, 0.25) is 0 Å². The lowest BCUT2D eigenvalue weighted by molar-refractivity contribution is -0.126. The third kappa shape index (κ3) is 4.91. The number of carboxylic acid groups (broad SMARTS) is 2. The highest BCUT2D eigenvalue weighted by Gasteiger charge is 2.62. The number of nitrogens with zero attached hydrogens (tertiary/aromatic N) is 2. The molecule has 0 unspecified atom stereocenters. The number of halogens is 2. The van der Waals surface area contributed by atoms with Gasteiger partial charge in [-0.25, -0.2) is 9.59 Å². The molecule has 3 aromatic rings. The van der Waals surface area contributed by atoms with E-state index in [1.54, 1.807) is 6.07 Å². The van der Waals surface area contributed by atoms with Crippen LogP contribution >= 0.6 is 31.9 Å². The highest BCUT2D eigenvalue weighted by Crippen LogP contribution is 2.60. The lowest BCUT2D eigenvalue weighted by Gasteiger charge is -2.44. The second-order valence-corrected chi connectivity index (χ2v) is 14.0. The van der Waals surface area contributed by atoms with Crippen LogP contribution in [0.25, 0.3) is 0 Å². The first-order valence-electron chi connectivity index (χ1n) is 15.2. The van der Waals surface area contributed by atoms with E-state index in [9.17, 15) is 44.1 Å². The van der Waals surface area contributed by atoms with Crippen LogP contribution in [-0.2, 0) is 19.2 Å². The first-order valence-corrected chi connectivity index (χ1v) is 16.8. The normalized spacial score (nSPS) is 25.9. The Morgan fingerprint density at radius 2 is 1.31 bits per heavy atom. The predicted octanol–water partition coefficient (Wildman–Crippen LogP) is 5.37. The van der Waals surface area contributed by atoms with Gasteiger partial charge in [-0.1, -0.05) is 23.8 Å². The van der Waals surface area contributed by atoms with Gasteiger partial charge in [-0.2, -0.15) is 0 Å². The number of hydrogen-bond donors (Lipinski definition) is 3. The van der Waals surface area contributed by atoms with Gasteiger partial charge in [0.1, 0.15) is 0 Å². The molecule has 4 amide bonds. The molecule has 0 spiro atoms. The van der Waals surface area contributed by atoms with Crippen LogP contribution in [0.4, 0.5) is 11.4 Å². The third-order valence-corrected chi connectivity index (χ3v) is 12.2. The molecule has 0 radical (unpaired) electrons. The summed E-state index contributed by atoms with van der Waals surface area (Å²) >= 11 is 6.96. The van der Waals surface area contributed by atoms with Gasteiger partial charge in [0.15, 0.2) is 11.5 Å². The molecule has 2 saturated heterocycles. The van der Waals surface area contributed by atoms with Crippen molar-refractivity contribution in [1.82, 2.24) is 0 Å². The van der Waals surface area contributed by atoms with Crippen molar-refractivity contribution in [1.29, 1.82) is 0 Å². The monoisotopic (exact) mass is 792 g/mol.